The van der Waals surface area contributed by atoms with Gasteiger partial charge in [0.1, 0.15) is 10.6 Å². The summed E-state index contributed by atoms with van der Waals surface area (Å²) in [6, 6.07) is 9.50. The standard InChI is InChI=1S/C20H26N4O6S2/c1-14-6-7-18(25)19(12-14)32(29,30)24-10-8-23(9-11-24)20(26)22-15(2)16-4-3-5-17(13-16)31(21,27)28/h3-7,12-13,15,25H,8-11H2,1-2H3,(H,22,26)(H2,21,27,28). The molecular weight excluding hydrogens is 456 g/mol. The predicted molar refractivity (Wildman–Crippen MR) is 118 cm³/mol. The molecule has 2 amide bonds. The highest BCUT2D eigenvalue weighted by Crippen LogP contribution is 2.27. The first kappa shape index (κ1) is 24.0. The second-order valence-corrected chi connectivity index (χ2v) is 11.1. The zero-order valence-electron chi connectivity index (χ0n) is 17.7. The quantitative estimate of drug-likeness (QED) is 0.581. The van der Waals surface area contributed by atoms with Gasteiger partial charge < -0.3 is 15.3 Å². The molecule has 0 bridgehead atoms. The molecule has 0 spiro atoms. The number of nitrogens with one attached hydrogen (secondary N) is 1. The fraction of sp³-hybridized carbons (Fsp3) is 0.350. The van der Waals surface area contributed by atoms with Crippen molar-refractivity contribution in [3.63, 3.8) is 0 Å². The van der Waals surface area contributed by atoms with Crippen molar-refractivity contribution in [3.8, 4) is 5.75 Å². The van der Waals surface area contributed by atoms with E-state index >= 15 is 0 Å². The van der Waals surface area contributed by atoms with E-state index in [4.69, 9.17) is 5.14 Å². The van der Waals surface area contributed by atoms with Gasteiger partial charge in [0.15, 0.2) is 0 Å². The summed E-state index contributed by atoms with van der Waals surface area (Å²) >= 11 is 0. The second-order valence-electron chi connectivity index (χ2n) is 7.65. The highest BCUT2D eigenvalue weighted by Gasteiger charge is 2.32. The van der Waals surface area contributed by atoms with Crippen LogP contribution in [0.1, 0.15) is 24.1 Å². The number of carbonyl (C=O) groups excluding carboxylic acids is 1. The third kappa shape index (κ3) is 5.21. The number of amides is 2. The molecule has 12 heteroatoms. The van der Waals surface area contributed by atoms with E-state index in [0.29, 0.717) is 11.1 Å². The van der Waals surface area contributed by atoms with Crippen LogP contribution in [-0.2, 0) is 20.0 Å². The van der Waals surface area contributed by atoms with E-state index in [9.17, 15) is 26.7 Å². The van der Waals surface area contributed by atoms with Crippen molar-refractivity contribution in [1.29, 1.82) is 0 Å². The Morgan fingerprint density at radius 3 is 2.34 bits per heavy atom. The summed E-state index contributed by atoms with van der Waals surface area (Å²) in [5.41, 5.74) is 1.28. The zero-order valence-corrected chi connectivity index (χ0v) is 19.4. The molecule has 174 valence electrons. The van der Waals surface area contributed by atoms with E-state index in [1.165, 1.54) is 33.5 Å². The Morgan fingerprint density at radius 1 is 1.06 bits per heavy atom. The largest absolute Gasteiger partial charge is 0.507 e. The van der Waals surface area contributed by atoms with Gasteiger partial charge in [-0.1, -0.05) is 18.2 Å². The van der Waals surface area contributed by atoms with Gasteiger partial charge in [0.05, 0.1) is 10.9 Å². The number of phenols is 1. The summed E-state index contributed by atoms with van der Waals surface area (Å²) in [5, 5.41) is 17.9. The van der Waals surface area contributed by atoms with Gasteiger partial charge in [0.2, 0.25) is 20.0 Å². The number of benzene rings is 2. The summed E-state index contributed by atoms with van der Waals surface area (Å²) in [6.07, 6.45) is 0. The summed E-state index contributed by atoms with van der Waals surface area (Å²) < 4.78 is 50.1. The minimum atomic E-state index is -3.89. The van der Waals surface area contributed by atoms with Crippen molar-refractivity contribution < 1.29 is 26.7 Å². The first-order chi connectivity index (χ1) is 14.9. The Balaban J connectivity index is 1.64. The van der Waals surface area contributed by atoms with Gasteiger partial charge in [-0.05, 0) is 49.2 Å². The molecule has 32 heavy (non-hydrogen) atoms. The number of carbonyl (C=O) groups is 1. The van der Waals surface area contributed by atoms with Gasteiger partial charge in [-0.2, -0.15) is 4.31 Å². The molecule has 10 nitrogen and oxygen atoms in total. The van der Waals surface area contributed by atoms with E-state index in [1.54, 1.807) is 32.0 Å². The van der Waals surface area contributed by atoms with Crippen LogP contribution in [0, 0.1) is 6.92 Å². The molecule has 3 rings (SSSR count). The van der Waals surface area contributed by atoms with E-state index in [2.05, 4.69) is 5.32 Å². The molecule has 4 N–H and O–H groups in total. The molecule has 1 saturated heterocycles. The first-order valence-corrected chi connectivity index (χ1v) is 12.9. The summed E-state index contributed by atoms with van der Waals surface area (Å²) in [6.45, 7) is 3.95. The number of rotatable bonds is 5. The van der Waals surface area contributed by atoms with Crippen molar-refractivity contribution in [1.82, 2.24) is 14.5 Å². The van der Waals surface area contributed by atoms with Gasteiger partial charge >= 0.3 is 6.03 Å². The van der Waals surface area contributed by atoms with Crippen LogP contribution in [0.3, 0.4) is 0 Å². The Bertz CT molecular complexity index is 1220. The minimum Gasteiger partial charge on any atom is -0.507 e. The molecule has 1 atom stereocenters. The minimum absolute atomic E-state index is 0.0469. The number of urea groups is 1. The maximum atomic E-state index is 12.9. The number of nitrogens with zero attached hydrogens (tertiary/aromatic N) is 2. The number of aryl methyl sites for hydroxylation is 1. The summed E-state index contributed by atoms with van der Waals surface area (Å²) in [7, 11) is -7.75. The Kier molecular flexibility index (Phi) is 6.79. The lowest BCUT2D eigenvalue weighted by Crippen LogP contribution is -2.53. The number of sulfonamides is 2. The van der Waals surface area contributed by atoms with Crippen LogP contribution in [0.2, 0.25) is 0 Å². The summed E-state index contributed by atoms with van der Waals surface area (Å²) in [5.74, 6) is -0.314. The molecule has 1 fully saturated rings. The number of piperazine rings is 1. The van der Waals surface area contributed by atoms with E-state index in [0.717, 1.165) is 0 Å². The van der Waals surface area contributed by atoms with E-state index in [-0.39, 0.29) is 41.7 Å². The topological polar surface area (TPSA) is 150 Å². The highest BCUT2D eigenvalue weighted by atomic mass is 32.2. The lowest BCUT2D eigenvalue weighted by molar-refractivity contribution is 0.169. The number of hydrogen-bond donors (Lipinski definition) is 3. The average Bonchev–Trinajstić information content (AvgIpc) is 2.75. The molecule has 0 aromatic heterocycles. The fourth-order valence-electron chi connectivity index (χ4n) is 3.42. The van der Waals surface area contributed by atoms with Gasteiger partial charge in [0.25, 0.3) is 0 Å². The Morgan fingerprint density at radius 2 is 1.72 bits per heavy atom. The van der Waals surface area contributed by atoms with Crippen molar-refractivity contribution in [3.05, 3.63) is 53.6 Å². The Hall–Kier alpha value is -2.67. The molecule has 0 saturated carbocycles. The Labute approximate surface area is 187 Å². The van der Waals surface area contributed by atoms with Gasteiger partial charge in [-0.25, -0.2) is 26.8 Å². The molecular formula is C20H26N4O6S2. The number of hydrogen-bond acceptors (Lipinski definition) is 6. The molecule has 1 aliphatic rings. The van der Waals surface area contributed by atoms with Gasteiger partial charge in [-0.15, -0.1) is 0 Å². The monoisotopic (exact) mass is 482 g/mol. The van der Waals surface area contributed by atoms with Crippen LogP contribution in [0.15, 0.2) is 52.3 Å². The SMILES string of the molecule is Cc1ccc(O)c(S(=O)(=O)N2CCN(C(=O)NC(C)c3cccc(S(N)(=O)=O)c3)CC2)c1. The molecule has 1 unspecified atom stereocenters. The van der Waals surface area contributed by atoms with Crippen LogP contribution in [0.25, 0.3) is 0 Å². The van der Waals surface area contributed by atoms with Gasteiger partial charge in [-0.3, -0.25) is 0 Å². The average molecular weight is 483 g/mol. The third-order valence-corrected chi connectivity index (χ3v) is 8.12. The maximum absolute atomic E-state index is 12.9. The lowest BCUT2D eigenvalue weighted by atomic mass is 10.1. The zero-order chi connectivity index (χ0) is 23.7. The maximum Gasteiger partial charge on any atom is 0.317 e. The molecule has 2 aromatic rings. The van der Waals surface area contributed by atoms with Crippen LogP contribution in [0.4, 0.5) is 4.79 Å². The van der Waals surface area contributed by atoms with E-state index in [1.807, 2.05) is 0 Å². The number of aromatic hydroxyl groups is 1. The van der Waals surface area contributed by atoms with Crippen molar-refractivity contribution in [2.75, 3.05) is 26.2 Å². The van der Waals surface area contributed by atoms with Crippen molar-refractivity contribution in [2.45, 2.75) is 29.7 Å². The predicted octanol–water partition coefficient (Wildman–Crippen LogP) is 1.13. The van der Waals surface area contributed by atoms with Crippen molar-refractivity contribution >= 4 is 26.1 Å². The lowest BCUT2D eigenvalue weighted by Gasteiger charge is -2.34. The second kappa shape index (κ2) is 9.06. The normalized spacial score (nSPS) is 16.5. The van der Waals surface area contributed by atoms with E-state index < -0.39 is 32.1 Å². The molecule has 0 radical (unpaired) electrons. The number of primary sulfonamides is 1. The highest BCUT2D eigenvalue weighted by molar-refractivity contribution is 7.89. The fourth-order valence-corrected chi connectivity index (χ4v) is 5.58. The molecule has 1 heterocycles. The van der Waals surface area contributed by atoms with Crippen LogP contribution < -0.4 is 10.5 Å². The summed E-state index contributed by atoms with van der Waals surface area (Å²) in [4.78, 5) is 13.9. The van der Waals surface area contributed by atoms with Crippen LogP contribution >= 0.6 is 0 Å². The third-order valence-electron chi connectivity index (χ3n) is 5.29. The van der Waals surface area contributed by atoms with Crippen molar-refractivity contribution in [2.24, 2.45) is 5.14 Å². The first-order valence-electron chi connectivity index (χ1n) is 9.87. The van der Waals surface area contributed by atoms with Crippen LogP contribution in [-0.4, -0.2) is 63.4 Å². The molecule has 1 aliphatic heterocycles. The van der Waals surface area contributed by atoms with Gasteiger partial charge in [0, 0.05) is 26.2 Å². The number of nitrogens with two attached hydrogens (primary N) is 1. The molecule has 2 aromatic carbocycles. The number of phenolic OH excluding ortho intramolecular Hbond substituents is 1. The van der Waals surface area contributed by atoms with Crippen LogP contribution in [0.5, 0.6) is 5.75 Å². The molecule has 0 aliphatic carbocycles. The smallest absolute Gasteiger partial charge is 0.317 e.